The minimum absolute atomic E-state index is 0.0138. The van der Waals surface area contributed by atoms with Gasteiger partial charge in [-0.2, -0.15) is 5.10 Å². The van der Waals surface area contributed by atoms with Gasteiger partial charge in [0.05, 0.1) is 11.9 Å². The fourth-order valence-corrected chi connectivity index (χ4v) is 1.83. The molecule has 5 heteroatoms. The van der Waals surface area contributed by atoms with Gasteiger partial charge in [-0.15, -0.1) is 0 Å². The van der Waals surface area contributed by atoms with Crippen molar-refractivity contribution >= 4 is 11.8 Å². The second kappa shape index (κ2) is 4.42. The van der Waals surface area contributed by atoms with Crippen LogP contribution in [0.1, 0.15) is 36.7 Å². The number of nitrogen functional groups attached to an aromatic ring is 1. The molecule has 0 fully saturated rings. The molecule has 2 aromatic rings. The average molecular weight is 259 g/mol. The predicted molar refractivity (Wildman–Crippen MR) is 73.6 cm³/mol. The van der Waals surface area contributed by atoms with E-state index in [1.54, 1.807) is 0 Å². The van der Waals surface area contributed by atoms with Gasteiger partial charge in [-0.05, 0) is 23.1 Å². The molecule has 0 aliphatic heterocycles. The Hall–Kier alpha value is -2.30. The molecule has 0 amide bonds. The van der Waals surface area contributed by atoms with Crippen molar-refractivity contribution in [1.29, 1.82) is 0 Å². The Morgan fingerprint density at radius 1 is 1.26 bits per heavy atom. The lowest BCUT2D eigenvalue weighted by Crippen LogP contribution is -2.11. The van der Waals surface area contributed by atoms with Crippen LogP contribution in [0.3, 0.4) is 0 Å². The molecule has 1 aromatic carbocycles. The summed E-state index contributed by atoms with van der Waals surface area (Å²) in [6.45, 7) is 6.40. The van der Waals surface area contributed by atoms with E-state index in [9.17, 15) is 4.79 Å². The first-order valence-corrected chi connectivity index (χ1v) is 5.98. The zero-order chi connectivity index (χ0) is 14.2. The Kier molecular flexibility index (Phi) is 3.06. The van der Waals surface area contributed by atoms with Crippen LogP contribution in [0, 0.1) is 0 Å². The van der Waals surface area contributed by atoms with Crippen LogP contribution in [0.5, 0.6) is 0 Å². The standard InChI is InChI=1S/C14H17N3O2/c1-14(2,3)9-4-6-10(7-5-9)17-12(15)11(8-16-17)13(18)19/h4-8H,15H2,1-3H3,(H,18,19). The van der Waals surface area contributed by atoms with E-state index < -0.39 is 5.97 Å². The Morgan fingerprint density at radius 3 is 2.26 bits per heavy atom. The molecule has 1 heterocycles. The first-order valence-electron chi connectivity index (χ1n) is 5.98. The number of carboxylic acid groups (broad SMARTS) is 1. The molecule has 0 saturated carbocycles. The SMILES string of the molecule is CC(C)(C)c1ccc(-n2ncc(C(=O)O)c2N)cc1. The Morgan fingerprint density at radius 2 is 1.84 bits per heavy atom. The van der Waals surface area contributed by atoms with Crippen LogP contribution >= 0.6 is 0 Å². The number of benzene rings is 1. The lowest BCUT2D eigenvalue weighted by atomic mass is 9.87. The molecule has 0 spiro atoms. The third kappa shape index (κ3) is 2.45. The Labute approximate surface area is 111 Å². The van der Waals surface area contributed by atoms with Crippen molar-refractivity contribution in [2.75, 3.05) is 5.73 Å². The third-order valence-corrected chi connectivity index (χ3v) is 3.01. The normalized spacial score (nSPS) is 11.5. The summed E-state index contributed by atoms with van der Waals surface area (Å²) in [6.07, 6.45) is 1.26. The minimum atomic E-state index is -1.07. The number of carboxylic acids is 1. The van der Waals surface area contributed by atoms with Crippen LogP contribution in [0.2, 0.25) is 0 Å². The molecule has 0 atom stereocenters. The van der Waals surface area contributed by atoms with Crippen LogP contribution < -0.4 is 5.73 Å². The number of anilines is 1. The fourth-order valence-electron chi connectivity index (χ4n) is 1.83. The zero-order valence-electron chi connectivity index (χ0n) is 11.2. The van der Waals surface area contributed by atoms with Gasteiger partial charge in [0, 0.05) is 0 Å². The number of nitrogens with two attached hydrogens (primary N) is 1. The zero-order valence-corrected chi connectivity index (χ0v) is 11.2. The maximum Gasteiger partial charge on any atom is 0.341 e. The van der Waals surface area contributed by atoms with Gasteiger partial charge in [0.25, 0.3) is 0 Å². The van der Waals surface area contributed by atoms with E-state index in [-0.39, 0.29) is 16.8 Å². The van der Waals surface area contributed by atoms with Crippen LogP contribution in [0.4, 0.5) is 5.82 Å². The van der Waals surface area contributed by atoms with Gasteiger partial charge in [-0.25, -0.2) is 9.48 Å². The third-order valence-electron chi connectivity index (χ3n) is 3.01. The maximum absolute atomic E-state index is 10.9. The molecule has 1 aromatic heterocycles. The van der Waals surface area contributed by atoms with E-state index in [1.807, 2.05) is 24.3 Å². The molecular weight excluding hydrogens is 242 g/mol. The number of aromatic carboxylic acids is 1. The molecule has 0 saturated heterocycles. The summed E-state index contributed by atoms with van der Waals surface area (Å²) in [5, 5.41) is 13.0. The first kappa shape index (κ1) is 13.1. The van der Waals surface area contributed by atoms with Gasteiger partial charge >= 0.3 is 5.97 Å². The van der Waals surface area contributed by atoms with Gasteiger partial charge < -0.3 is 10.8 Å². The van der Waals surface area contributed by atoms with Gasteiger partial charge in [-0.1, -0.05) is 32.9 Å². The second-order valence-electron chi connectivity index (χ2n) is 5.46. The number of hydrogen-bond acceptors (Lipinski definition) is 3. The average Bonchev–Trinajstić information content (AvgIpc) is 2.70. The highest BCUT2D eigenvalue weighted by molar-refractivity contribution is 5.92. The molecule has 0 aliphatic carbocycles. The molecule has 0 bridgehead atoms. The van der Waals surface area contributed by atoms with Crippen molar-refractivity contribution in [3.63, 3.8) is 0 Å². The summed E-state index contributed by atoms with van der Waals surface area (Å²) >= 11 is 0. The lowest BCUT2D eigenvalue weighted by molar-refractivity contribution is 0.0698. The number of hydrogen-bond donors (Lipinski definition) is 2. The molecule has 19 heavy (non-hydrogen) atoms. The summed E-state index contributed by atoms with van der Waals surface area (Å²) in [5.74, 6) is -0.939. The number of aromatic nitrogens is 2. The lowest BCUT2D eigenvalue weighted by Gasteiger charge is -2.19. The van der Waals surface area contributed by atoms with Crippen molar-refractivity contribution in [3.05, 3.63) is 41.6 Å². The molecule has 0 unspecified atom stereocenters. The minimum Gasteiger partial charge on any atom is -0.477 e. The summed E-state index contributed by atoms with van der Waals surface area (Å²) in [7, 11) is 0. The molecular formula is C14H17N3O2. The van der Waals surface area contributed by atoms with E-state index in [1.165, 1.54) is 16.4 Å². The monoisotopic (exact) mass is 259 g/mol. The van der Waals surface area contributed by atoms with Crippen molar-refractivity contribution in [2.24, 2.45) is 0 Å². The van der Waals surface area contributed by atoms with Gasteiger partial charge in [0.2, 0.25) is 0 Å². The van der Waals surface area contributed by atoms with Crippen LogP contribution in [0.25, 0.3) is 5.69 Å². The van der Waals surface area contributed by atoms with E-state index >= 15 is 0 Å². The highest BCUT2D eigenvalue weighted by Gasteiger charge is 2.16. The number of rotatable bonds is 2. The molecule has 3 N–H and O–H groups in total. The van der Waals surface area contributed by atoms with E-state index in [0.29, 0.717) is 0 Å². The molecule has 5 nitrogen and oxygen atoms in total. The highest BCUT2D eigenvalue weighted by atomic mass is 16.4. The first-order chi connectivity index (χ1) is 8.80. The van der Waals surface area contributed by atoms with E-state index in [2.05, 4.69) is 25.9 Å². The predicted octanol–water partition coefficient (Wildman–Crippen LogP) is 2.45. The van der Waals surface area contributed by atoms with E-state index in [4.69, 9.17) is 10.8 Å². The molecule has 100 valence electrons. The Bertz CT molecular complexity index is 607. The fraction of sp³-hybridized carbons (Fsp3) is 0.286. The number of carbonyl (C=O) groups is 1. The van der Waals surface area contributed by atoms with Crippen molar-refractivity contribution < 1.29 is 9.90 Å². The van der Waals surface area contributed by atoms with Gasteiger partial charge in [0.15, 0.2) is 0 Å². The molecule has 0 aliphatic rings. The van der Waals surface area contributed by atoms with Crippen LogP contribution in [-0.2, 0) is 5.41 Å². The smallest absolute Gasteiger partial charge is 0.341 e. The number of nitrogens with zero attached hydrogens (tertiary/aromatic N) is 2. The Balaban J connectivity index is 2.41. The van der Waals surface area contributed by atoms with Crippen molar-refractivity contribution in [2.45, 2.75) is 26.2 Å². The van der Waals surface area contributed by atoms with Gasteiger partial charge in [-0.3, -0.25) is 0 Å². The summed E-state index contributed by atoms with van der Waals surface area (Å²) < 4.78 is 1.43. The topological polar surface area (TPSA) is 81.1 Å². The quantitative estimate of drug-likeness (QED) is 0.868. The van der Waals surface area contributed by atoms with Gasteiger partial charge in [0.1, 0.15) is 11.4 Å². The van der Waals surface area contributed by atoms with Crippen molar-refractivity contribution in [3.8, 4) is 5.69 Å². The highest BCUT2D eigenvalue weighted by Crippen LogP contribution is 2.24. The maximum atomic E-state index is 10.9. The molecule has 2 rings (SSSR count). The summed E-state index contributed by atoms with van der Waals surface area (Å²) in [4.78, 5) is 10.9. The summed E-state index contributed by atoms with van der Waals surface area (Å²) in [6, 6.07) is 7.76. The molecule has 0 radical (unpaired) electrons. The van der Waals surface area contributed by atoms with Crippen molar-refractivity contribution in [1.82, 2.24) is 9.78 Å². The largest absolute Gasteiger partial charge is 0.477 e. The second-order valence-corrected chi connectivity index (χ2v) is 5.46. The summed E-state index contributed by atoms with van der Waals surface area (Å²) in [5.41, 5.74) is 7.81. The van der Waals surface area contributed by atoms with Crippen LogP contribution in [0.15, 0.2) is 30.5 Å². The van der Waals surface area contributed by atoms with E-state index in [0.717, 1.165) is 5.69 Å². The van der Waals surface area contributed by atoms with Crippen LogP contribution in [-0.4, -0.2) is 20.9 Å².